The van der Waals surface area contributed by atoms with Gasteiger partial charge in [0.2, 0.25) is 6.10 Å². The van der Waals surface area contributed by atoms with Crippen molar-refractivity contribution in [3.63, 3.8) is 0 Å². The second-order valence-corrected chi connectivity index (χ2v) is 7.19. The molecule has 0 spiro atoms. The number of benzene rings is 2. The first kappa shape index (κ1) is 17.6. The van der Waals surface area contributed by atoms with Crippen molar-refractivity contribution in [2.45, 2.75) is 26.0 Å². The van der Waals surface area contributed by atoms with Crippen LogP contribution in [0.1, 0.15) is 13.3 Å². The largest absolute Gasteiger partial charge is 0.497 e. The van der Waals surface area contributed by atoms with Crippen molar-refractivity contribution in [1.82, 2.24) is 4.57 Å². The molecule has 1 aliphatic rings. The highest BCUT2D eigenvalue weighted by Crippen LogP contribution is 2.31. The number of thiazole rings is 1. The fourth-order valence-electron chi connectivity index (χ4n) is 3.01. The minimum atomic E-state index is -0.741. The van der Waals surface area contributed by atoms with Crippen LogP contribution in [0.5, 0.6) is 17.2 Å². The smallest absolute Gasteiger partial charge is 0.292 e. The van der Waals surface area contributed by atoms with Crippen LogP contribution in [0.3, 0.4) is 0 Å². The van der Waals surface area contributed by atoms with Crippen LogP contribution >= 0.6 is 11.3 Å². The summed E-state index contributed by atoms with van der Waals surface area (Å²) in [7, 11) is 1.64. The highest BCUT2D eigenvalue weighted by atomic mass is 32.1. The summed E-state index contributed by atoms with van der Waals surface area (Å²) in [4.78, 5) is 17.8. The molecule has 0 saturated heterocycles. The summed E-state index contributed by atoms with van der Waals surface area (Å²) < 4.78 is 19.9. The molecule has 0 N–H and O–H groups in total. The van der Waals surface area contributed by atoms with E-state index in [4.69, 9.17) is 14.2 Å². The second-order valence-electron chi connectivity index (χ2n) is 6.18. The standard InChI is InChI=1S/C20H20N2O4S/c1-3-10-22-14-11-13(24-2)8-9-18(14)27-20(22)21-19(23)17-12-25-15-6-4-5-7-16(15)26-17/h4-9,11,17H,3,10,12H2,1-2H3/t17-/m1/s1. The molecule has 0 unspecified atom stereocenters. The third-order valence-corrected chi connectivity index (χ3v) is 5.39. The van der Waals surface area contributed by atoms with Gasteiger partial charge in [0.05, 0.1) is 17.3 Å². The van der Waals surface area contributed by atoms with Crippen molar-refractivity contribution in [2.75, 3.05) is 13.7 Å². The van der Waals surface area contributed by atoms with Crippen molar-refractivity contribution in [3.05, 3.63) is 47.3 Å². The number of rotatable bonds is 4. The zero-order valence-corrected chi connectivity index (χ0v) is 16.0. The van der Waals surface area contributed by atoms with Crippen LogP contribution in [0.4, 0.5) is 0 Å². The van der Waals surface area contributed by atoms with Gasteiger partial charge < -0.3 is 18.8 Å². The van der Waals surface area contributed by atoms with E-state index in [0.717, 1.165) is 28.9 Å². The van der Waals surface area contributed by atoms with Crippen LogP contribution in [-0.4, -0.2) is 30.3 Å². The Morgan fingerprint density at radius 2 is 2.11 bits per heavy atom. The maximum Gasteiger partial charge on any atom is 0.292 e. The minimum Gasteiger partial charge on any atom is -0.497 e. The number of carbonyl (C=O) groups excluding carboxylic acids is 1. The van der Waals surface area contributed by atoms with Gasteiger partial charge in [0, 0.05) is 12.6 Å². The number of amides is 1. The van der Waals surface area contributed by atoms with Gasteiger partial charge in [-0.2, -0.15) is 4.99 Å². The van der Waals surface area contributed by atoms with Gasteiger partial charge in [0.1, 0.15) is 12.4 Å². The average molecular weight is 384 g/mol. The molecule has 0 fully saturated rings. The van der Waals surface area contributed by atoms with Gasteiger partial charge >= 0.3 is 0 Å². The van der Waals surface area contributed by atoms with Crippen molar-refractivity contribution < 1.29 is 19.0 Å². The summed E-state index contributed by atoms with van der Waals surface area (Å²) in [5, 5.41) is 0. The second kappa shape index (κ2) is 7.44. The Kier molecular flexibility index (Phi) is 4.85. The van der Waals surface area contributed by atoms with E-state index in [2.05, 4.69) is 16.5 Å². The normalized spacial score (nSPS) is 16.5. The molecule has 7 heteroatoms. The molecule has 0 aliphatic carbocycles. The predicted octanol–water partition coefficient (Wildman–Crippen LogP) is 3.39. The summed E-state index contributed by atoms with van der Waals surface area (Å²) in [6, 6.07) is 13.2. The molecular weight excluding hydrogens is 364 g/mol. The molecule has 3 aromatic rings. The monoisotopic (exact) mass is 384 g/mol. The molecule has 1 amide bonds. The first-order valence-corrected chi connectivity index (χ1v) is 9.65. The Morgan fingerprint density at radius 1 is 1.30 bits per heavy atom. The fourth-order valence-corrected chi connectivity index (χ4v) is 4.05. The van der Waals surface area contributed by atoms with E-state index in [1.165, 1.54) is 11.3 Å². The maximum absolute atomic E-state index is 12.7. The quantitative estimate of drug-likeness (QED) is 0.692. The number of aromatic nitrogens is 1. The van der Waals surface area contributed by atoms with E-state index in [0.29, 0.717) is 16.3 Å². The number of aryl methyl sites for hydroxylation is 1. The van der Waals surface area contributed by atoms with E-state index >= 15 is 0 Å². The van der Waals surface area contributed by atoms with Gasteiger partial charge in [0.15, 0.2) is 16.3 Å². The zero-order valence-electron chi connectivity index (χ0n) is 15.2. The van der Waals surface area contributed by atoms with Crippen LogP contribution in [0, 0.1) is 0 Å². The number of hydrogen-bond donors (Lipinski definition) is 0. The number of ether oxygens (including phenoxy) is 3. The summed E-state index contributed by atoms with van der Waals surface area (Å²) in [5.74, 6) is 1.66. The van der Waals surface area contributed by atoms with Gasteiger partial charge in [-0.15, -0.1) is 0 Å². The highest BCUT2D eigenvalue weighted by molar-refractivity contribution is 7.16. The van der Waals surface area contributed by atoms with Gasteiger partial charge in [0.25, 0.3) is 5.91 Å². The van der Waals surface area contributed by atoms with Crippen molar-refractivity contribution in [3.8, 4) is 17.2 Å². The molecule has 6 nitrogen and oxygen atoms in total. The van der Waals surface area contributed by atoms with Crippen molar-refractivity contribution >= 4 is 27.5 Å². The lowest BCUT2D eigenvalue weighted by atomic mass is 10.2. The summed E-state index contributed by atoms with van der Waals surface area (Å²) in [5.41, 5.74) is 1.01. The molecule has 2 heterocycles. The van der Waals surface area contributed by atoms with Crippen molar-refractivity contribution in [2.24, 2.45) is 4.99 Å². The van der Waals surface area contributed by atoms with Crippen molar-refractivity contribution in [1.29, 1.82) is 0 Å². The Hall–Kier alpha value is -2.80. The maximum atomic E-state index is 12.7. The molecule has 140 valence electrons. The van der Waals surface area contributed by atoms with Gasteiger partial charge in [-0.3, -0.25) is 4.79 Å². The number of methoxy groups -OCH3 is 1. The van der Waals surface area contributed by atoms with E-state index in [9.17, 15) is 4.79 Å². The molecule has 1 aliphatic heterocycles. The topological polar surface area (TPSA) is 62.1 Å². The molecular formula is C20H20N2O4S. The minimum absolute atomic E-state index is 0.159. The lowest BCUT2D eigenvalue weighted by Gasteiger charge is -2.23. The summed E-state index contributed by atoms with van der Waals surface area (Å²) >= 11 is 1.48. The number of nitrogens with zero attached hydrogens (tertiary/aromatic N) is 2. The van der Waals surface area contributed by atoms with E-state index < -0.39 is 6.10 Å². The molecule has 0 saturated carbocycles. The molecule has 0 bridgehead atoms. The molecule has 1 aromatic heterocycles. The summed E-state index contributed by atoms with van der Waals surface area (Å²) in [6.07, 6.45) is 0.190. The Morgan fingerprint density at radius 3 is 2.89 bits per heavy atom. The Balaban J connectivity index is 1.70. The van der Waals surface area contributed by atoms with Gasteiger partial charge in [-0.25, -0.2) is 0 Å². The summed E-state index contributed by atoms with van der Waals surface area (Å²) in [6.45, 7) is 3.02. The third kappa shape index (κ3) is 3.42. The SMILES string of the molecule is CCCn1c(=NC(=O)[C@H]2COc3ccccc3O2)sc2ccc(OC)cc21. The van der Waals surface area contributed by atoms with Crippen LogP contribution < -0.4 is 19.0 Å². The first-order chi connectivity index (χ1) is 13.2. The van der Waals surface area contributed by atoms with Gasteiger partial charge in [-0.05, 0) is 30.7 Å². The molecule has 2 aromatic carbocycles. The van der Waals surface area contributed by atoms with Crippen LogP contribution in [0.2, 0.25) is 0 Å². The van der Waals surface area contributed by atoms with E-state index in [1.54, 1.807) is 13.2 Å². The number of fused-ring (bicyclic) bond motifs is 2. The zero-order chi connectivity index (χ0) is 18.8. The number of carbonyl (C=O) groups is 1. The molecule has 0 radical (unpaired) electrons. The Labute approximate surface area is 160 Å². The third-order valence-electron chi connectivity index (χ3n) is 4.33. The van der Waals surface area contributed by atoms with Crippen LogP contribution in [0.15, 0.2) is 47.5 Å². The molecule has 4 rings (SSSR count). The lowest BCUT2D eigenvalue weighted by Crippen LogP contribution is -2.36. The van der Waals surface area contributed by atoms with Crippen LogP contribution in [-0.2, 0) is 11.3 Å². The number of para-hydroxylation sites is 2. The predicted molar refractivity (Wildman–Crippen MR) is 104 cm³/mol. The Bertz CT molecular complexity index is 1050. The number of hydrogen-bond acceptors (Lipinski definition) is 5. The first-order valence-electron chi connectivity index (χ1n) is 8.84. The molecule has 27 heavy (non-hydrogen) atoms. The van der Waals surface area contributed by atoms with E-state index in [-0.39, 0.29) is 12.5 Å². The lowest BCUT2D eigenvalue weighted by molar-refractivity contribution is -0.127. The fraction of sp³-hybridized carbons (Fsp3) is 0.300. The van der Waals surface area contributed by atoms with Gasteiger partial charge in [-0.1, -0.05) is 30.4 Å². The highest BCUT2D eigenvalue weighted by Gasteiger charge is 2.27. The van der Waals surface area contributed by atoms with Crippen LogP contribution in [0.25, 0.3) is 10.2 Å². The molecule has 1 atom stereocenters. The van der Waals surface area contributed by atoms with E-state index in [1.807, 2.05) is 36.4 Å². The average Bonchev–Trinajstić information content (AvgIpc) is 3.04.